The fourth-order valence-electron chi connectivity index (χ4n) is 2.83. The Hall–Kier alpha value is -1.66. The smallest absolute Gasteiger partial charge is 0.249 e. The van der Waals surface area contributed by atoms with Crippen LogP contribution in [0.5, 0.6) is 0 Å². The third-order valence-corrected chi connectivity index (χ3v) is 4.33. The van der Waals surface area contributed by atoms with Crippen LogP contribution in [0, 0.1) is 0 Å². The number of amides is 1. The van der Waals surface area contributed by atoms with Crippen molar-refractivity contribution in [3.63, 3.8) is 0 Å². The molecule has 1 aromatic rings. The van der Waals surface area contributed by atoms with Crippen LogP contribution in [-0.2, 0) is 16.1 Å². The monoisotopic (exact) mass is 304 g/mol. The molecule has 1 amide bonds. The largest absolute Gasteiger partial charge is 0.368 e. The highest BCUT2D eigenvalue weighted by Crippen LogP contribution is 2.14. The Morgan fingerprint density at radius 2 is 2.18 bits per heavy atom. The van der Waals surface area contributed by atoms with Gasteiger partial charge in [0.05, 0.1) is 0 Å². The number of carbonyl (C=O) groups excluding carboxylic acids is 1. The molecular weight excluding hydrogens is 280 g/mol. The lowest BCUT2D eigenvalue weighted by Crippen LogP contribution is -2.44. The van der Waals surface area contributed by atoms with E-state index in [-0.39, 0.29) is 12.0 Å². The molecule has 3 heterocycles. The van der Waals surface area contributed by atoms with Crippen molar-refractivity contribution < 1.29 is 9.53 Å². The molecule has 0 radical (unpaired) electrons. The zero-order valence-electron chi connectivity index (χ0n) is 13.1. The average molecular weight is 304 g/mol. The minimum Gasteiger partial charge on any atom is -0.368 e. The van der Waals surface area contributed by atoms with E-state index in [0.717, 1.165) is 50.4 Å². The number of nitrogens with zero attached hydrogens (tertiary/aromatic N) is 3. The summed E-state index contributed by atoms with van der Waals surface area (Å²) in [5.41, 5.74) is 1.02. The van der Waals surface area contributed by atoms with Gasteiger partial charge in [0.25, 0.3) is 0 Å². The van der Waals surface area contributed by atoms with E-state index in [1.165, 1.54) is 0 Å². The van der Waals surface area contributed by atoms with Crippen LogP contribution in [0.1, 0.15) is 18.4 Å². The first-order chi connectivity index (χ1) is 10.7. The first kappa shape index (κ1) is 15.2. The van der Waals surface area contributed by atoms with E-state index in [1.807, 2.05) is 18.3 Å². The molecule has 120 valence electrons. The van der Waals surface area contributed by atoms with E-state index < -0.39 is 0 Å². The molecule has 1 aromatic heterocycles. The molecule has 0 saturated carbocycles. The normalized spacial score (nSPS) is 22.8. The van der Waals surface area contributed by atoms with Crippen LogP contribution in [0.15, 0.2) is 18.3 Å². The molecule has 2 saturated heterocycles. The average Bonchev–Trinajstić information content (AvgIpc) is 3.08. The second-order valence-electron chi connectivity index (χ2n) is 6.03. The Bertz CT molecular complexity index is 491. The molecule has 2 aliphatic rings. The SMILES string of the molecule is CN1CCN(c2ccc(CNC(=O)C3CCCO3)cn2)CC1. The summed E-state index contributed by atoms with van der Waals surface area (Å²) in [7, 11) is 2.14. The van der Waals surface area contributed by atoms with Crippen molar-refractivity contribution in [2.75, 3.05) is 44.7 Å². The number of hydrogen-bond acceptors (Lipinski definition) is 5. The number of piperazine rings is 1. The minimum atomic E-state index is -0.266. The molecule has 0 spiro atoms. The van der Waals surface area contributed by atoms with E-state index in [0.29, 0.717) is 13.2 Å². The van der Waals surface area contributed by atoms with Crippen molar-refractivity contribution in [2.45, 2.75) is 25.5 Å². The number of ether oxygens (including phenoxy) is 1. The van der Waals surface area contributed by atoms with E-state index in [2.05, 4.69) is 27.1 Å². The first-order valence-electron chi connectivity index (χ1n) is 8.00. The Labute approximate surface area is 131 Å². The summed E-state index contributed by atoms with van der Waals surface area (Å²) in [5, 5.41) is 2.92. The van der Waals surface area contributed by atoms with Gasteiger partial charge in [-0.3, -0.25) is 4.79 Å². The molecular formula is C16H24N4O2. The Morgan fingerprint density at radius 3 is 2.82 bits per heavy atom. The molecule has 1 unspecified atom stereocenters. The fraction of sp³-hybridized carbons (Fsp3) is 0.625. The predicted molar refractivity (Wildman–Crippen MR) is 84.8 cm³/mol. The summed E-state index contributed by atoms with van der Waals surface area (Å²) in [6, 6.07) is 4.08. The van der Waals surface area contributed by atoms with Crippen LogP contribution in [0.2, 0.25) is 0 Å². The summed E-state index contributed by atoms with van der Waals surface area (Å²) >= 11 is 0. The third-order valence-electron chi connectivity index (χ3n) is 4.33. The number of rotatable bonds is 4. The van der Waals surface area contributed by atoms with Gasteiger partial charge in [0.1, 0.15) is 11.9 Å². The van der Waals surface area contributed by atoms with Gasteiger partial charge in [-0.2, -0.15) is 0 Å². The van der Waals surface area contributed by atoms with Gasteiger partial charge < -0.3 is 19.9 Å². The maximum atomic E-state index is 11.9. The zero-order valence-corrected chi connectivity index (χ0v) is 13.1. The van der Waals surface area contributed by atoms with Crippen molar-refractivity contribution in [1.29, 1.82) is 0 Å². The second kappa shape index (κ2) is 7.07. The lowest BCUT2D eigenvalue weighted by molar-refractivity contribution is -0.130. The lowest BCUT2D eigenvalue weighted by atomic mass is 10.2. The van der Waals surface area contributed by atoms with Gasteiger partial charge in [-0.25, -0.2) is 4.98 Å². The van der Waals surface area contributed by atoms with Crippen LogP contribution >= 0.6 is 0 Å². The molecule has 0 aromatic carbocycles. The van der Waals surface area contributed by atoms with Gasteiger partial charge in [0.2, 0.25) is 5.91 Å². The summed E-state index contributed by atoms with van der Waals surface area (Å²) in [5.74, 6) is 1.00. The van der Waals surface area contributed by atoms with Gasteiger partial charge in [-0.15, -0.1) is 0 Å². The predicted octanol–water partition coefficient (Wildman–Crippen LogP) is 0.629. The van der Waals surface area contributed by atoms with Crippen LogP contribution in [-0.4, -0.2) is 61.7 Å². The number of likely N-dealkylation sites (N-methyl/N-ethyl adjacent to an activating group) is 1. The Kier molecular flexibility index (Phi) is 4.90. The highest BCUT2D eigenvalue weighted by Gasteiger charge is 2.23. The molecule has 0 bridgehead atoms. The van der Waals surface area contributed by atoms with Crippen molar-refractivity contribution >= 4 is 11.7 Å². The van der Waals surface area contributed by atoms with Crippen LogP contribution in [0.4, 0.5) is 5.82 Å². The maximum Gasteiger partial charge on any atom is 0.249 e. The van der Waals surface area contributed by atoms with Gasteiger partial charge in [-0.05, 0) is 31.5 Å². The molecule has 2 fully saturated rings. The quantitative estimate of drug-likeness (QED) is 0.884. The Morgan fingerprint density at radius 1 is 1.36 bits per heavy atom. The highest BCUT2D eigenvalue weighted by molar-refractivity contribution is 5.80. The summed E-state index contributed by atoms with van der Waals surface area (Å²) < 4.78 is 5.37. The summed E-state index contributed by atoms with van der Waals surface area (Å²) in [4.78, 5) is 21.0. The number of pyridine rings is 1. The van der Waals surface area contributed by atoms with E-state index in [4.69, 9.17) is 4.74 Å². The van der Waals surface area contributed by atoms with E-state index >= 15 is 0 Å². The standard InChI is InChI=1S/C16H24N4O2/c1-19-6-8-20(9-7-19)15-5-4-13(11-17-15)12-18-16(21)14-3-2-10-22-14/h4-5,11,14H,2-3,6-10,12H2,1H3,(H,18,21). The molecule has 1 atom stereocenters. The molecule has 3 rings (SSSR count). The molecule has 2 aliphatic heterocycles. The van der Waals surface area contributed by atoms with E-state index in [1.54, 1.807) is 0 Å². The number of aromatic nitrogens is 1. The molecule has 6 nitrogen and oxygen atoms in total. The number of nitrogens with one attached hydrogen (secondary N) is 1. The fourth-order valence-corrected chi connectivity index (χ4v) is 2.83. The highest BCUT2D eigenvalue weighted by atomic mass is 16.5. The molecule has 6 heteroatoms. The van der Waals surface area contributed by atoms with Gasteiger partial charge in [0, 0.05) is 45.5 Å². The minimum absolute atomic E-state index is 0.0133. The zero-order chi connectivity index (χ0) is 15.4. The lowest BCUT2D eigenvalue weighted by Gasteiger charge is -2.33. The molecule has 1 N–H and O–H groups in total. The summed E-state index contributed by atoms with van der Waals surface area (Å²) in [6.07, 6.45) is 3.38. The molecule has 22 heavy (non-hydrogen) atoms. The van der Waals surface area contributed by atoms with Crippen molar-refractivity contribution in [1.82, 2.24) is 15.2 Å². The number of anilines is 1. The van der Waals surface area contributed by atoms with Crippen molar-refractivity contribution in [3.8, 4) is 0 Å². The van der Waals surface area contributed by atoms with Crippen LogP contribution in [0.25, 0.3) is 0 Å². The molecule has 0 aliphatic carbocycles. The number of hydrogen-bond donors (Lipinski definition) is 1. The third kappa shape index (κ3) is 3.75. The topological polar surface area (TPSA) is 57.7 Å². The van der Waals surface area contributed by atoms with E-state index in [9.17, 15) is 4.79 Å². The van der Waals surface area contributed by atoms with Crippen LogP contribution in [0.3, 0.4) is 0 Å². The van der Waals surface area contributed by atoms with Crippen molar-refractivity contribution in [3.05, 3.63) is 23.9 Å². The van der Waals surface area contributed by atoms with Crippen LogP contribution < -0.4 is 10.2 Å². The number of carbonyl (C=O) groups is 1. The first-order valence-corrected chi connectivity index (χ1v) is 8.00. The van der Waals surface area contributed by atoms with Gasteiger partial charge in [-0.1, -0.05) is 6.07 Å². The summed E-state index contributed by atoms with van der Waals surface area (Å²) in [6.45, 7) is 5.37. The van der Waals surface area contributed by atoms with Crippen molar-refractivity contribution in [2.24, 2.45) is 0 Å². The van der Waals surface area contributed by atoms with Gasteiger partial charge in [0.15, 0.2) is 0 Å². The maximum absolute atomic E-state index is 11.9. The Balaban J connectivity index is 1.50. The second-order valence-corrected chi connectivity index (χ2v) is 6.03. The van der Waals surface area contributed by atoms with Gasteiger partial charge >= 0.3 is 0 Å².